The Morgan fingerprint density at radius 3 is 2.83 bits per heavy atom. The van der Waals surface area contributed by atoms with Gasteiger partial charge >= 0.3 is 0 Å². The summed E-state index contributed by atoms with van der Waals surface area (Å²) in [6.45, 7) is 4.21. The van der Waals surface area contributed by atoms with Crippen LogP contribution in [0.5, 0.6) is 0 Å². The maximum Gasteiger partial charge on any atom is 0.210 e. The van der Waals surface area contributed by atoms with E-state index in [9.17, 15) is 0 Å². The van der Waals surface area contributed by atoms with Gasteiger partial charge in [0.2, 0.25) is 5.95 Å². The molecule has 0 spiro atoms. The average molecular weight is 242 g/mol. The summed E-state index contributed by atoms with van der Waals surface area (Å²) in [5.74, 6) is 1.05. The molecule has 3 rings (SSSR count). The van der Waals surface area contributed by atoms with Crippen molar-refractivity contribution in [3.05, 3.63) is 42.7 Å². The van der Waals surface area contributed by atoms with E-state index in [-0.39, 0.29) is 0 Å². The first-order valence-corrected chi connectivity index (χ1v) is 6.49. The van der Waals surface area contributed by atoms with Crippen molar-refractivity contribution in [1.82, 2.24) is 14.9 Å². The van der Waals surface area contributed by atoms with Crippen LogP contribution in [0.4, 0.5) is 5.95 Å². The molecule has 0 saturated carbocycles. The lowest BCUT2D eigenvalue weighted by Crippen LogP contribution is -2.30. The van der Waals surface area contributed by atoms with Crippen molar-refractivity contribution in [3.8, 4) is 5.69 Å². The normalized spacial score (nSPS) is 16.6. The predicted molar refractivity (Wildman–Crippen MR) is 73.3 cm³/mol. The van der Waals surface area contributed by atoms with Crippen LogP contribution in [0.3, 0.4) is 0 Å². The van der Waals surface area contributed by atoms with E-state index in [1.807, 2.05) is 18.5 Å². The minimum Gasteiger partial charge on any atom is -0.341 e. The van der Waals surface area contributed by atoms with E-state index in [1.54, 1.807) is 0 Å². The van der Waals surface area contributed by atoms with Crippen molar-refractivity contribution in [2.75, 3.05) is 31.1 Å². The summed E-state index contributed by atoms with van der Waals surface area (Å²) >= 11 is 0. The van der Waals surface area contributed by atoms with Crippen LogP contribution in [0.2, 0.25) is 0 Å². The number of nitrogens with one attached hydrogen (secondary N) is 1. The van der Waals surface area contributed by atoms with E-state index < -0.39 is 0 Å². The molecule has 1 fully saturated rings. The van der Waals surface area contributed by atoms with Crippen LogP contribution in [0.15, 0.2) is 42.7 Å². The highest BCUT2D eigenvalue weighted by atomic mass is 15.3. The fourth-order valence-electron chi connectivity index (χ4n) is 2.37. The third-order valence-electron chi connectivity index (χ3n) is 3.28. The Kier molecular flexibility index (Phi) is 3.28. The lowest BCUT2D eigenvalue weighted by Gasteiger charge is -2.22. The highest BCUT2D eigenvalue weighted by molar-refractivity contribution is 5.43. The van der Waals surface area contributed by atoms with Gasteiger partial charge in [-0.3, -0.25) is 4.57 Å². The molecule has 18 heavy (non-hydrogen) atoms. The Hall–Kier alpha value is -1.81. The molecule has 0 aliphatic carbocycles. The Bertz CT molecular complexity index is 484. The molecular formula is C14H18N4. The van der Waals surface area contributed by atoms with Crippen LogP contribution in [-0.4, -0.2) is 35.7 Å². The van der Waals surface area contributed by atoms with Crippen molar-refractivity contribution >= 4 is 5.95 Å². The second-order valence-corrected chi connectivity index (χ2v) is 4.52. The third-order valence-corrected chi connectivity index (χ3v) is 3.28. The highest BCUT2D eigenvalue weighted by Crippen LogP contribution is 2.18. The topological polar surface area (TPSA) is 33.1 Å². The van der Waals surface area contributed by atoms with E-state index in [2.05, 4.69) is 44.0 Å². The molecule has 1 aromatic heterocycles. The summed E-state index contributed by atoms with van der Waals surface area (Å²) in [5.41, 5.74) is 1.17. The summed E-state index contributed by atoms with van der Waals surface area (Å²) < 4.78 is 2.16. The second kappa shape index (κ2) is 5.23. The molecule has 4 nitrogen and oxygen atoms in total. The van der Waals surface area contributed by atoms with Crippen LogP contribution in [0.25, 0.3) is 5.69 Å². The maximum atomic E-state index is 4.52. The number of imidazole rings is 1. The molecule has 2 aromatic rings. The Balaban J connectivity index is 1.91. The molecule has 1 aliphatic heterocycles. The first-order valence-electron chi connectivity index (χ1n) is 6.49. The molecular weight excluding hydrogens is 224 g/mol. The molecule has 0 unspecified atom stereocenters. The van der Waals surface area contributed by atoms with Crippen LogP contribution in [0.1, 0.15) is 6.42 Å². The van der Waals surface area contributed by atoms with Gasteiger partial charge < -0.3 is 10.2 Å². The first kappa shape index (κ1) is 11.3. The minimum atomic E-state index is 1.02. The molecule has 0 amide bonds. The molecule has 4 heteroatoms. The molecule has 0 bridgehead atoms. The first-order chi connectivity index (χ1) is 8.95. The Morgan fingerprint density at radius 2 is 1.94 bits per heavy atom. The van der Waals surface area contributed by atoms with Gasteiger partial charge in [-0.25, -0.2) is 4.98 Å². The van der Waals surface area contributed by atoms with E-state index in [0.29, 0.717) is 0 Å². The maximum absolute atomic E-state index is 4.52. The molecule has 1 saturated heterocycles. The zero-order valence-corrected chi connectivity index (χ0v) is 10.4. The zero-order valence-electron chi connectivity index (χ0n) is 10.4. The summed E-state index contributed by atoms with van der Waals surface area (Å²) in [6.07, 6.45) is 5.07. The third kappa shape index (κ3) is 2.24. The lowest BCUT2D eigenvalue weighted by molar-refractivity contribution is 0.724. The number of hydrogen-bond donors (Lipinski definition) is 1. The Morgan fingerprint density at radius 1 is 1.06 bits per heavy atom. The monoisotopic (exact) mass is 242 g/mol. The van der Waals surface area contributed by atoms with Gasteiger partial charge in [0.15, 0.2) is 0 Å². The van der Waals surface area contributed by atoms with Crippen molar-refractivity contribution in [1.29, 1.82) is 0 Å². The van der Waals surface area contributed by atoms with Crippen molar-refractivity contribution < 1.29 is 0 Å². The van der Waals surface area contributed by atoms with Gasteiger partial charge in [-0.2, -0.15) is 0 Å². The van der Waals surface area contributed by atoms with Gasteiger partial charge in [0, 0.05) is 37.7 Å². The fraction of sp³-hybridized carbons (Fsp3) is 0.357. The van der Waals surface area contributed by atoms with E-state index in [0.717, 1.165) is 32.1 Å². The minimum absolute atomic E-state index is 1.02. The summed E-state index contributed by atoms with van der Waals surface area (Å²) in [4.78, 5) is 6.87. The average Bonchev–Trinajstić information content (AvgIpc) is 2.75. The van der Waals surface area contributed by atoms with Crippen molar-refractivity contribution in [2.45, 2.75) is 6.42 Å². The van der Waals surface area contributed by atoms with E-state index in [4.69, 9.17) is 0 Å². The number of nitrogens with zero attached hydrogens (tertiary/aromatic N) is 3. The molecule has 0 atom stereocenters. The van der Waals surface area contributed by atoms with Crippen LogP contribution in [0, 0.1) is 0 Å². The van der Waals surface area contributed by atoms with Gasteiger partial charge in [0.05, 0.1) is 0 Å². The standard InChI is InChI=1S/C14H18N4/c1-2-5-13(6-3-1)18-12-9-16-14(18)17-10-4-7-15-8-11-17/h1-3,5-6,9,12,15H,4,7-8,10-11H2. The van der Waals surface area contributed by atoms with Crippen LogP contribution >= 0.6 is 0 Å². The number of benzene rings is 1. The summed E-state index contributed by atoms with van der Waals surface area (Å²) in [6, 6.07) is 10.4. The van der Waals surface area contributed by atoms with Gasteiger partial charge in [0.1, 0.15) is 0 Å². The fourth-order valence-corrected chi connectivity index (χ4v) is 2.37. The zero-order chi connectivity index (χ0) is 12.2. The SMILES string of the molecule is c1ccc(-n2ccnc2N2CCCNCC2)cc1. The smallest absolute Gasteiger partial charge is 0.210 e. The highest BCUT2D eigenvalue weighted by Gasteiger charge is 2.14. The second-order valence-electron chi connectivity index (χ2n) is 4.52. The summed E-state index contributed by atoms with van der Waals surface area (Å²) in [5, 5.41) is 3.42. The number of para-hydroxylation sites is 1. The Labute approximate surface area is 107 Å². The predicted octanol–water partition coefficient (Wildman–Crippen LogP) is 1.67. The largest absolute Gasteiger partial charge is 0.341 e. The number of rotatable bonds is 2. The number of anilines is 1. The van der Waals surface area contributed by atoms with Crippen LogP contribution < -0.4 is 10.2 Å². The van der Waals surface area contributed by atoms with E-state index in [1.165, 1.54) is 12.1 Å². The van der Waals surface area contributed by atoms with E-state index >= 15 is 0 Å². The van der Waals surface area contributed by atoms with Gasteiger partial charge in [-0.15, -0.1) is 0 Å². The van der Waals surface area contributed by atoms with Crippen LogP contribution in [-0.2, 0) is 0 Å². The number of hydrogen-bond acceptors (Lipinski definition) is 3. The molecule has 0 radical (unpaired) electrons. The quantitative estimate of drug-likeness (QED) is 0.869. The molecule has 1 aliphatic rings. The van der Waals surface area contributed by atoms with Gasteiger partial charge in [-0.05, 0) is 25.1 Å². The van der Waals surface area contributed by atoms with Gasteiger partial charge in [0.25, 0.3) is 0 Å². The summed E-state index contributed by atoms with van der Waals surface area (Å²) in [7, 11) is 0. The van der Waals surface area contributed by atoms with Gasteiger partial charge in [-0.1, -0.05) is 18.2 Å². The molecule has 1 N–H and O–H groups in total. The molecule has 94 valence electrons. The molecule has 2 heterocycles. The number of aromatic nitrogens is 2. The van der Waals surface area contributed by atoms with Crippen molar-refractivity contribution in [3.63, 3.8) is 0 Å². The van der Waals surface area contributed by atoms with Crippen molar-refractivity contribution in [2.24, 2.45) is 0 Å². The lowest BCUT2D eigenvalue weighted by atomic mass is 10.3. The molecule has 1 aromatic carbocycles.